The summed E-state index contributed by atoms with van der Waals surface area (Å²) < 4.78 is 0. The van der Waals surface area contributed by atoms with Crippen LogP contribution in [0.5, 0.6) is 0 Å². The minimum Gasteiger partial charge on any atom is -0.0914 e. The maximum atomic E-state index is 2.34. The maximum Gasteiger partial charge on any atom is -0.0206 e. The zero-order valence-corrected chi connectivity index (χ0v) is 9.73. The molecule has 72 valence electrons. The van der Waals surface area contributed by atoms with Gasteiger partial charge >= 0.3 is 0 Å². The van der Waals surface area contributed by atoms with Crippen LogP contribution in [0, 0.1) is 16.7 Å². The molecule has 0 aromatic rings. The summed E-state index contributed by atoms with van der Waals surface area (Å²) in [4.78, 5) is 0. The second kappa shape index (κ2) is 3.64. The molecule has 0 aromatic heterocycles. The Morgan fingerprint density at radius 1 is 1.00 bits per heavy atom. The predicted molar refractivity (Wildman–Crippen MR) is 57.2 cm³/mol. The molecule has 0 spiro atoms. The van der Waals surface area contributed by atoms with Crippen molar-refractivity contribution in [3.63, 3.8) is 0 Å². The van der Waals surface area contributed by atoms with E-state index in [1.54, 1.807) is 0 Å². The normalized spacial score (nSPS) is 16.9. The van der Waals surface area contributed by atoms with Gasteiger partial charge < -0.3 is 0 Å². The molecule has 0 nitrogen and oxygen atoms in total. The molecule has 0 saturated heterocycles. The van der Waals surface area contributed by atoms with Gasteiger partial charge in [0, 0.05) is 0 Å². The van der Waals surface area contributed by atoms with Crippen molar-refractivity contribution in [1.82, 2.24) is 0 Å². The molecule has 0 heteroatoms. The van der Waals surface area contributed by atoms with E-state index < -0.39 is 0 Å². The average Bonchev–Trinajstić information content (AvgIpc) is 1.85. The minimum atomic E-state index is 0.361. The fourth-order valence-corrected chi connectivity index (χ4v) is 1.21. The van der Waals surface area contributed by atoms with Gasteiger partial charge in [0.05, 0.1) is 0 Å². The molecule has 0 rings (SSSR count). The Kier molecular flexibility index (Phi) is 3.56. The van der Waals surface area contributed by atoms with Crippen molar-refractivity contribution in [1.29, 1.82) is 0 Å². The van der Waals surface area contributed by atoms with E-state index in [0.717, 1.165) is 0 Å². The van der Waals surface area contributed by atoms with Gasteiger partial charge in [-0.25, -0.2) is 0 Å². The van der Waals surface area contributed by atoms with Gasteiger partial charge in [0.25, 0.3) is 0 Å². The lowest BCUT2D eigenvalue weighted by Crippen LogP contribution is -2.34. The van der Waals surface area contributed by atoms with Crippen LogP contribution in [0.25, 0.3) is 0 Å². The summed E-state index contributed by atoms with van der Waals surface area (Å²) in [6, 6.07) is 0. The molecular weight excluding hydrogens is 144 g/mol. The van der Waals surface area contributed by atoms with Gasteiger partial charge in [0.1, 0.15) is 0 Å². The third kappa shape index (κ3) is 2.36. The number of rotatable bonds is 2. The van der Waals surface area contributed by atoms with Crippen LogP contribution >= 0.6 is 0 Å². The van der Waals surface area contributed by atoms with Crippen molar-refractivity contribution in [3.8, 4) is 0 Å². The molecule has 0 aliphatic heterocycles. The van der Waals surface area contributed by atoms with Crippen molar-refractivity contribution in [3.05, 3.63) is 12.2 Å². The number of allylic oxidation sites excluding steroid dienone is 2. The predicted octanol–water partition coefficient (Wildman–Crippen LogP) is 4.27. The van der Waals surface area contributed by atoms with Crippen LogP contribution in [0.4, 0.5) is 0 Å². The van der Waals surface area contributed by atoms with Crippen LogP contribution < -0.4 is 0 Å². The van der Waals surface area contributed by atoms with Crippen molar-refractivity contribution in [2.75, 3.05) is 0 Å². The Hall–Kier alpha value is -0.260. The highest BCUT2D eigenvalue weighted by atomic mass is 14.4. The van der Waals surface area contributed by atoms with Gasteiger partial charge in [-0.1, -0.05) is 53.7 Å². The van der Waals surface area contributed by atoms with Crippen LogP contribution in [0.2, 0.25) is 0 Å². The first-order chi connectivity index (χ1) is 5.23. The van der Waals surface area contributed by atoms with E-state index in [2.05, 4.69) is 60.6 Å². The monoisotopic (exact) mass is 168 g/mol. The molecule has 0 fully saturated rings. The molecule has 12 heavy (non-hydrogen) atoms. The highest BCUT2D eigenvalue weighted by Gasteiger charge is 2.36. The lowest BCUT2D eigenvalue weighted by molar-refractivity contribution is 0.0875. The van der Waals surface area contributed by atoms with E-state index in [0.29, 0.717) is 16.7 Å². The molecule has 1 atom stereocenters. The summed E-state index contributed by atoms with van der Waals surface area (Å²) in [5.74, 6) is 0.641. The van der Waals surface area contributed by atoms with Gasteiger partial charge in [-0.3, -0.25) is 0 Å². The van der Waals surface area contributed by atoms with Gasteiger partial charge in [0.15, 0.2) is 0 Å². The molecule has 0 saturated carbocycles. The zero-order valence-electron chi connectivity index (χ0n) is 9.73. The molecule has 0 aliphatic carbocycles. The van der Waals surface area contributed by atoms with Crippen LogP contribution in [0.1, 0.15) is 48.5 Å². The van der Waals surface area contributed by atoms with E-state index in [9.17, 15) is 0 Å². The largest absolute Gasteiger partial charge is 0.0914 e. The SMILES string of the molecule is CC=CC(C)C(C)(C)C(C)(C)C. The first-order valence-corrected chi connectivity index (χ1v) is 4.86. The van der Waals surface area contributed by atoms with E-state index in [4.69, 9.17) is 0 Å². The first kappa shape index (κ1) is 11.7. The molecule has 0 aromatic carbocycles. The Bertz CT molecular complexity index is 155. The van der Waals surface area contributed by atoms with Crippen LogP contribution in [0.15, 0.2) is 12.2 Å². The lowest BCUT2D eigenvalue weighted by Gasteiger charge is -2.42. The van der Waals surface area contributed by atoms with Crippen molar-refractivity contribution >= 4 is 0 Å². The second-order valence-corrected chi connectivity index (χ2v) is 5.29. The summed E-state index contributed by atoms with van der Waals surface area (Å²) >= 11 is 0. The summed E-state index contributed by atoms with van der Waals surface area (Å²) in [7, 11) is 0. The van der Waals surface area contributed by atoms with Gasteiger partial charge in [-0.05, 0) is 23.7 Å². The summed E-state index contributed by atoms with van der Waals surface area (Å²) in [6.45, 7) is 16.0. The first-order valence-electron chi connectivity index (χ1n) is 4.86. The number of hydrogen-bond donors (Lipinski definition) is 0. The summed E-state index contributed by atoms with van der Waals surface area (Å²) in [5, 5.41) is 0. The standard InChI is InChI=1S/C12H24/c1-8-9-10(2)12(6,7)11(3,4)5/h8-10H,1-7H3. The molecule has 0 radical (unpaired) electrons. The molecule has 0 N–H and O–H groups in total. The quantitative estimate of drug-likeness (QED) is 0.540. The lowest BCUT2D eigenvalue weighted by atomic mass is 9.62. The van der Waals surface area contributed by atoms with Crippen molar-refractivity contribution in [2.24, 2.45) is 16.7 Å². The molecule has 0 amide bonds. The number of hydrogen-bond acceptors (Lipinski definition) is 0. The van der Waals surface area contributed by atoms with Crippen molar-refractivity contribution < 1.29 is 0 Å². The second-order valence-electron chi connectivity index (χ2n) is 5.29. The molecule has 0 bridgehead atoms. The smallest absolute Gasteiger partial charge is 0.0206 e. The van der Waals surface area contributed by atoms with Crippen LogP contribution in [-0.4, -0.2) is 0 Å². The van der Waals surface area contributed by atoms with E-state index >= 15 is 0 Å². The minimum absolute atomic E-state index is 0.361. The topological polar surface area (TPSA) is 0 Å². The summed E-state index contributed by atoms with van der Waals surface area (Å²) in [5.41, 5.74) is 0.728. The molecular formula is C12H24. The molecule has 0 heterocycles. The van der Waals surface area contributed by atoms with Gasteiger partial charge in [-0.2, -0.15) is 0 Å². The fraction of sp³-hybridized carbons (Fsp3) is 0.833. The van der Waals surface area contributed by atoms with Crippen LogP contribution in [0.3, 0.4) is 0 Å². The van der Waals surface area contributed by atoms with Crippen molar-refractivity contribution in [2.45, 2.75) is 48.5 Å². The maximum absolute atomic E-state index is 2.34. The van der Waals surface area contributed by atoms with E-state index in [1.807, 2.05) is 0 Å². The third-order valence-electron chi connectivity index (χ3n) is 3.55. The molecule has 1 unspecified atom stereocenters. The Labute approximate surface area is 78.1 Å². The van der Waals surface area contributed by atoms with E-state index in [1.165, 1.54) is 0 Å². The average molecular weight is 168 g/mol. The molecule has 0 aliphatic rings. The van der Waals surface area contributed by atoms with Gasteiger partial charge in [0.2, 0.25) is 0 Å². The highest BCUT2D eigenvalue weighted by molar-refractivity contribution is 4.96. The fourth-order valence-electron chi connectivity index (χ4n) is 1.21. The Morgan fingerprint density at radius 2 is 1.42 bits per heavy atom. The Balaban J connectivity index is 4.61. The summed E-state index contributed by atoms with van der Waals surface area (Å²) in [6.07, 6.45) is 4.45. The van der Waals surface area contributed by atoms with E-state index in [-0.39, 0.29) is 0 Å². The van der Waals surface area contributed by atoms with Gasteiger partial charge in [-0.15, -0.1) is 0 Å². The Morgan fingerprint density at radius 3 is 1.67 bits per heavy atom. The zero-order chi connectivity index (χ0) is 9.99. The van der Waals surface area contributed by atoms with Crippen LogP contribution in [-0.2, 0) is 0 Å². The third-order valence-corrected chi connectivity index (χ3v) is 3.55. The highest BCUT2D eigenvalue weighted by Crippen LogP contribution is 2.44.